The normalized spacial score (nSPS) is 11.9. The zero-order valence-electron chi connectivity index (χ0n) is 22.3. The molecule has 0 saturated heterocycles. The van der Waals surface area contributed by atoms with Gasteiger partial charge in [-0.2, -0.15) is 0 Å². The zero-order valence-corrected chi connectivity index (χ0v) is 22.3. The maximum atomic E-state index is 12.5. The van der Waals surface area contributed by atoms with Crippen LogP contribution in [0.4, 0.5) is 11.4 Å². The molecule has 0 radical (unpaired) electrons. The molecular formula is C31H44N2O4. The van der Waals surface area contributed by atoms with Crippen LogP contribution in [0.2, 0.25) is 0 Å². The third-order valence-corrected chi connectivity index (χ3v) is 6.23. The van der Waals surface area contributed by atoms with E-state index in [4.69, 9.17) is 20.9 Å². The van der Waals surface area contributed by atoms with E-state index in [2.05, 4.69) is 19.1 Å². The van der Waals surface area contributed by atoms with Crippen LogP contribution in [0.1, 0.15) is 101 Å². The molecule has 0 saturated carbocycles. The summed E-state index contributed by atoms with van der Waals surface area (Å²) in [6.07, 6.45) is 17.1. The highest BCUT2D eigenvalue weighted by Gasteiger charge is 2.15. The molecule has 0 spiro atoms. The summed E-state index contributed by atoms with van der Waals surface area (Å²) in [5.74, 6) is 0.0505. The first-order valence-corrected chi connectivity index (χ1v) is 13.8. The summed E-state index contributed by atoms with van der Waals surface area (Å²) in [6.45, 7) is 2.19. The molecule has 4 N–H and O–H groups in total. The Morgan fingerprint density at radius 2 is 1.41 bits per heavy atom. The van der Waals surface area contributed by atoms with Crippen LogP contribution in [0.3, 0.4) is 0 Å². The molecule has 2 rings (SSSR count). The van der Waals surface area contributed by atoms with E-state index in [1.807, 2.05) is 0 Å². The van der Waals surface area contributed by atoms with Crippen molar-refractivity contribution in [2.24, 2.45) is 0 Å². The summed E-state index contributed by atoms with van der Waals surface area (Å²) in [4.78, 5) is 24.5. The fourth-order valence-corrected chi connectivity index (χ4v) is 4.01. The number of rotatable bonds is 18. The lowest BCUT2D eigenvalue weighted by atomic mass is 10.1. The van der Waals surface area contributed by atoms with Crippen LogP contribution in [0.25, 0.3) is 0 Å². The lowest BCUT2D eigenvalue weighted by Crippen LogP contribution is -2.18. The number of carbonyl (C=O) groups excluding carboxylic acids is 2. The van der Waals surface area contributed by atoms with Crippen molar-refractivity contribution in [3.8, 4) is 5.75 Å². The Morgan fingerprint density at radius 1 is 0.784 bits per heavy atom. The van der Waals surface area contributed by atoms with Crippen LogP contribution in [0.15, 0.2) is 60.7 Å². The minimum absolute atomic E-state index is 0.105. The van der Waals surface area contributed by atoms with E-state index in [9.17, 15) is 9.59 Å². The zero-order chi connectivity index (χ0) is 26.7. The second-order valence-electron chi connectivity index (χ2n) is 9.56. The van der Waals surface area contributed by atoms with E-state index in [-0.39, 0.29) is 18.0 Å². The molecule has 6 nitrogen and oxygen atoms in total. The van der Waals surface area contributed by atoms with Crippen LogP contribution < -0.4 is 16.2 Å². The van der Waals surface area contributed by atoms with Crippen LogP contribution in [-0.4, -0.2) is 18.0 Å². The molecule has 0 bridgehead atoms. The highest BCUT2D eigenvalue weighted by atomic mass is 16.5. The van der Waals surface area contributed by atoms with E-state index in [0.717, 1.165) is 64.2 Å². The molecule has 0 aliphatic heterocycles. The summed E-state index contributed by atoms with van der Waals surface area (Å²) in [5.41, 5.74) is 13.2. The van der Waals surface area contributed by atoms with Gasteiger partial charge in [0.15, 0.2) is 0 Å². The second-order valence-corrected chi connectivity index (χ2v) is 9.56. The summed E-state index contributed by atoms with van der Waals surface area (Å²) in [5, 5.41) is 0. The van der Waals surface area contributed by atoms with Gasteiger partial charge >= 0.3 is 11.9 Å². The molecule has 0 heterocycles. The van der Waals surface area contributed by atoms with Crippen molar-refractivity contribution in [2.45, 2.75) is 96.5 Å². The number of nitrogens with two attached hydrogens (primary N) is 2. The van der Waals surface area contributed by atoms with Gasteiger partial charge in [0.25, 0.3) is 0 Å². The Morgan fingerprint density at radius 3 is 2.11 bits per heavy atom. The fraction of sp³-hybridized carbons (Fsp3) is 0.484. The lowest BCUT2D eigenvalue weighted by molar-refractivity contribution is -0.134. The van der Waals surface area contributed by atoms with Crippen molar-refractivity contribution in [3.05, 3.63) is 66.2 Å². The van der Waals surface area contributed by atoms with Crippen molar-refractivity contribution < 1.29 is 19.1 Å². The molecule has 0 aliphatic rings. The third-order valence-electron chi connectivity index (χ3n) is 6.23. The Kier molecular flexibility index (Phi) is 14.6. The maximum Gasteiger partial charge on any atom is 0.338 e. The van der Waals surface area contributed by atoms with Crippen LogP contribution in [-0.2, 0) is 9.53 Å². The monoisotopic (exact) mass is 508 g/mol. The number of ether oxygens (including phenoxy) is 2. The van der Waals surface area contributed by atoms with Crippen LogP contribution in [0.5, 0.6) is 5.75 Å². The molecule has 1 unspecified atom stereocenters. The van der Waals surface area contributed by atoms with Gasteiger partial charge in [-0.05, 0) is 80.6 Å². The number of nitrogen functional groups attached to an aromatic ring is 2. The van der Waals surface area contributed by atoms with E-state index in [1.165, 1.54) is 12.8 Å². The number of esters is 2. The summed E-state index contributed by atoms with van der Waals surface area (Å²) < 4.78 is 11.1. The molecule has 0 fully saturated rings. The Labute approximate surface area is 222 Å². The highest BCUT2D eigenvalue weighted by Crippen LogP contribution is 2.17. The third kappa shape index (κ3) is 13.6. The molecule has 2 aromatic carbocycles. The van der Waals surface area contributed by atoms with E-state index in [1.54, 1.807) is 48.5 Å². The average Bonchev–Trinajstić information content (AvgIpc) is 2.89. The van der Waals surface area contributed by atoms with Gasteiger partial charge in [-0.25, -0.2) is 4.79 Å². The van der Waals surface area contributed by atoms with Crippen molar-refractivity contribution >= 4 is 23.3 Å². The van der Waals surface area contributed by atoms with E-state index in [0.29, 0.717) is 29.1 Å². The molecular weight excluding hydrogens is 464 g/mol. The fourth-order valence-electron chi connectivity index (χ4n) is 4.01. The van der Waals surface area contributed by atoms with Crippen molar-refractivity contribution in [1.29, 1.82) is 0 Å². The van der Waals surface area contributed by atoms with Crippen molar-refractivity contribution in [1.82, 2.24) is 0 Å². The smallest absolute Gasteiger partial charge is 0.338 e. The number of carbonyl (C=O) groups is 2. The first-order valence-electron chi connectivity index (χ1n) is 13.8. The van der Waals surface area contributed by atoms with Gasteiger partial charge in [-0.3, -0.25) is 4.79 Å². The van der Waals surface area contributed by atoms with Gasteiger partial charge in [0.1, 0.15) is 11.9 Å². The average molecular weight is 509 g/mol. The number of anilines is 2. The predicted octanol–water partition coefficient (Wildman–Crippen LogP) is 7.63. The van der Waals surface area contributed by atoms with Gasteiger partial charge in [-0.1, -0.05) is 57.6 Å². The lowest BCUT2D eigenvalue weighted by Gasteiger charge is -2.16. The minimum Gasteiger partial charge on any atom is -0.458 e. The number of hydrogen-bond donors (Lipinski definition) is 2. The molecule has 0 aliphatic carbocycles. The molecule has 0 amide bonds. The first kappa shape index (κ1) is 29.9. The number of allylic oxidation sites excluding steroid dienone is 1. The first-order chi connectivity index (χ1) is 18.0. The van der Waals surface area contributed by atoms with E-state index >= 15 is 0 Å². The van der Waals surface area contributed by atoms with Gasteiger partial charge < -0.3 is 20.9 Å². The summed E-state index contributed by atoms with van der Waals surface area (Å²) >= 11 is 0. The standard InChI is InChI=1S/C31H44N2O4/c1-2-3-4-11-14-28(37-31(35)25-17-19-26(32)20-18-25)15-12-9-7-5-6-8-10-13-16-30(34)36-29-23-21-27(33)22-24-29/h9,12,17-24,28H,2-8,10-11,13-16,32-33H2,1H3/b12-9+. The predicted molar refractivity (Wildman–Crippen MR) is 151 cm³/mol. The molecule has 0 aromatic heterocycles. The van der Waals surface area contributed by atoms with E-state index < -0.39 is 0 Å². The second kappa shape index (κ2) is 18.0. The van der Waals surface area contributed by atoms with Crippen molar-refractivity contribution in [2.75, 3.05) is 11.5 Å². The molecule has 202 valence electrons. The quantitative estimate of drug-likeness (QED) is 0.0705. The highest BCUT2D eigenvalue weighted by molar-refractivity contribution is 5.89. The van der Waals surface area contributed by atoms with Crippen LogP contribution in [0, 0.1) is 0 Å². The SMILES string of the molecule is CCCCCCC(C/C=C/CCCCCCCC(=O)Oc1ccc(N)cc1)OC(=O)c1ccc(N)cc1. The minimum atomic E-state index is -0.286. The molecule has 37 heavy (non-hydrogen) atoms. The largest absolute Gasteiger partial charge is 0.458 e. The Bertz CT molecular complexity index is 939. The maximum absolute atomic E-state index is 12.5. The summed E-state index contributed by atoms with van der Waals surface area (Å²) in [6, 6.07) is 13.7. The Balaban J connectivity index is 1.59. The summed E-state index contributed by atoms with van der Waals surface area (Å²) in [7, 11) is 0. The number of unbranched alkanes of at least 4 members (excludes halogenated alkanes) is 8. The van der Waals surface area contributed by atoms with Gasteiger partial charge in [-0.15, -0.1) is 0 Å². The van der Waals surface area contributed by atoms with Crippen molar-refractivity contribution in [3.63, 3.8) is 0 Å². The Hall–Kier alpha value is -3.28. The number of hydrogen-bond acceptors (Lipinski definition) is 6. The van der Waals surface area contributed by atoms with Gasteiger partial charge in [0, 0.05) is 24.2 Å². The molecule has 1 atom stereocenters. The molecule has 6 heteroatoms. The number of benzene rings is 2. The van der Waals surface area contributed by atoms with Crippen LogP contribution >= 0.6 is 0 Å². The van der Waals surface area contributed by atoms with Gasteiger partial charge in [0.05, 0.1) is 5.56 Å². The van der Waals surface area contributed by atoms with Gasteiger partial charge in [0.2, 0.25) is 0 Å². The topological polar surface area (TPSA) is 105 Å². The molecule has 2 aromatic rings.